The summed E-state index contributed by atoms with van der Waals surface area (Å²) < 4.78 is 6.04. The number of primary amides is 1. The van der Waals surface area contributed by atoms with Gasteiger partial charge in [-0.15, -0.1) is 0 Å². The summed E-state index contributed by atoms with van der Waals surface area (Å²) in [5, 5.41) is 1.82. The van der Waals surface area contributed by atoms with Gasteiger partial charge in [0.1, 0.15) is 5.76 Å². The molecule has 2 heterocycles. The van der Waals surface area contributed by atoms with Gasteiger partial charge >= 0.3 is 0 Å². The fourth-order valence-electron chi connectivity index (χ4n) is 3.51. The number of hydrogen-bond donors (Lipinski definition) is 1. The number of carbonyl (C=O) groups excluding carboxylic acids is 1. The van der Waals surface area contributed by atoms with Crippen LogP contribution in [0, 0.1) is 0 Å². The van der Waals surface area contributed by atoms with Crippen molar-refractivity contribution in [2.75, 3.05) is 32.7 Å². The van der Waals surface area contributed by atoms with Crippen LogP contribution >= 0.6 is 11.8 Å². The van der Waals surface area contributed by atoms with E-state index in [1.807, 2.05) is 11.8 Å². The first-order valence-electron chi connectivity index (χ1n) is 9.17. The van der Waals surface area contributed by atoms with Gasteiger partial charge in [0, 0.05) is 44.4 Å². The van der Waals surface area contributed by atoms with Crippen molar-refractivity contribution in [3.05, 3.63) is 17.9 Å². The average molecular weight is 352 g/mol. The summed E-state index contributed by atoms with van der Waals surface area (Å²) in [6, 6.07) is 4.27. The largest absolute Gasteiger partial charge is 0.454 e. The average Bonchev–Trinajstić information content (AvgIpc) is 3.02. The SMILES string of the molecule is NC(=O)CCN1CCN(Cc2ccc(SC3CCCCC3)o2)CC1. The van der Waals surface area contributed by atoms with Gasteiger partial charge in [-0.05, 0) is 25.0 Å². The van der Waals surface area contributed by atoms with Crippen molar-refractivity contribution in [2.24, 2.45) is 5.73 Å². The van der Waals surface area contributed by atoms with Crippen molar-refractivity contribution in [2.45, 2.75) is 55.4 Å². The molecule has 2 fully saturated rings. The maximum Gasteiger partial charge on any atom is 0.218 e. The van der Waals surface area contributed by atoms with Crippen molar-refractivity contribution < 1.29 is 9.21 Å². The normalized spacial score (nSPS) is 21.2. The molecule has 0 spiro atoms. The van der Waals surface area contributed by atoms with E-state index in [-0.39, 0.29) is 5.91 Å². The predicted octanol–water partition coefficient (Wildman–Crippen LogP) is 2.70. The van der Waals surface area contributed by atoms with Crippen LogP contribution in [0.1, 0.15) is 44.3 Å². The van der Waals surface area contributed by atoms with Crippen LogP contribution in [-0.4, -0.2) is 53.7 Å². The van der Waals surface area contributed by atoms with Crippen molar-refractivity contribution in [3.63, 3.8) is 0 Å². The summed E-state index contributed by atoms with van der Waals surface area (Å²) in [5.74, 6) is 0.856. The van der Waals surface area contributed by atoms with Crippen molar-refractivity contribution >= 4 is 17.7 Å². The summed E-state index contributed by atoms with van der Waals surface area (Å²) in [7, 11) is 0. The Morgan fingerprint density at radius 1 is 1.12 bits per heavy atom. The lowest BCUT2D eigenvalue weighted by atomic mass is 10.0. The summed E-state index contributed by atoms with van der Waals surface area (Å²) >= 11 is 1.92. The second-order valence-corrected chi connectivity index (χ2v) is 8.24. The third kappa shape index (κ3) is 5.53. The van der Waals surface area contributed by atoms with E-state index in [4.69, 9.17) is 10.2 Å². The molecule has 0 radical (unpaired) electrons. The zero-order chi connectivity index (χ0) is 16.8. The lowest BCUT2D eigenvalue weighted by Crippen LogP contribution is -2.46. The van der Waals surface area contributed by atoms with E-state index < -0.39 is 0 Å². The van der Waals surface area contributed by atoms with Crippen molar-refractivity contribution in [3.8, 4) is 0 Å². The van der Waals surface area contributed by atoms with Gasteiger partial charge in [0.05, 0.1) is 6.54 Å². The second kappa shape index (κ2) is 8.92. The second-order valence-electron chi connectivity index (χ2n) is 6.93. The third-order valence-electron chi connectivity index (χ3n) is 4.99. The number of hydrogen-bond acceptors (Lipinski definition) is 5. The topological polar surface area (TPSA) is 62.7 Å². The van der Waals surface area contributed by atoms with Gasteiger partial charge in [-0.25, -0.2) is 0 Å². The van der Waals surface area contributed by atoms with Gasteiger partial charge in [-0.1, -0.05) is 31.0 Å². The number of nitrogens with zero attached hydrogens (tertiary/aromatic N) is 2. The molecule has 1 saturated heterocycles. The van der Waals surface area contributed by atoms with Gasteiger partial charge in [0.15, 0.2) is 5.09 Å². The van der Waals surface area contributed by atoms with Crippen molar-refractivity contribution in [1.82, 2.24) is 9.80 Å². The van der Waals surface area contributed by atoms with Crippen molar-refractivity contribution in [1.29, 1.82) is 0 Å². The Kier molecular flexibility index (Phi) is 6.63. The molecule has 1 saturated carbocycles. The van der Waals surface area contributed by atoms with Crippen LogP contribution in [0.25, 0.3) is 0 Å². The summed E-state index contributed by atoms with van der Waals surface area (Å²) in [5.41, 5.74) is 5.22. The molecule has 0 atom stereocenters. The molecule has 5 nitrogen and oxygen atoms in total. The molecule has 1 aromatic rings. The third-order valence-corrected chi connectivity index (χ3v) is 6.25. The molecule has 1 aliphatic heterocycles. The fourth-order valence-corrected chi connectivity index (χ4v) is 4.71. The van der Waals surface area contributed by atoms with Gasteiger partial charge in [-0.2, -0.15) is 0 Å². The van der Waals surface area contributed by atoms with Crippen LogP contribution in [-0.2, 0) is 11.3 Å². The molecule has 0 aromatic carbocycles. The molecule has 0 unspecified atom stereocenters. The first-order chi connectivity index (χ1) is 11.7. The molecule has 2 aliphatic rings. The number of furan rings is 1. The molecule has 24 heavy (non-hydrogen) atoms. The Hall–Kier alpha value is -0.980. The van der Waals surface area contributed by atoms with E-state index in [0.29, 0.717) is 6.42 Å². The van der Waals surface area contributed by atoms with E-state index in [0.717, 1.165) is 55.4 Å². The van der Waals surface area contributed by atoms with Crippen LogP contribution in [0.3, 0.4) is 0 Å². The minimum Gasteiger partial charge on any atom is -0.454 e. The van der Waals surface area contributed by atoms with Gasteiger partial charge in [-0.3, -0.25) is 9.69 Å². The molecule has 2 N–H and O–H groups in total. The predicted molar refractivity (Wildman–Crippen MR) is 97.0 cm³/mol. The minimum atomic E-state index is -0.212. The maximum atomic E-state index is 10.9. The van der Waals surface area contributed by atoms with Crippen LogP contribution < -0.4 is 5.73 Å². The smallest absolute Gasteiger partial charge is 0.218 e. The molecule has 1 amide bonds. The van der Waals surface area contributed by atoms with Crippen LogP contribution in [0.15, 0.2) is 21.6 Å². The Morgan fingerprint density at radius 3 is 2.54 bits per heavy atom. The molecule has 3 rings (SSSR count). The minimum absolute atomic E-state index is 0.212. The summed E-state index contributed by atoms with van der Waals surface area (Å²) in [6.07, 6.45) is 7.24. The van der Waals surface area contributed by atoms with Crippen LogP contribution in [0.4, 0.5) is 0 Å². The first-order valence-corrected chi connectivity index (χ1v) is 10.1. The first kappa shape index (κ1) is 17.8. The van der Waals surface area contributed by atoms with E-state index in [2.05, 4.69) is 21.9 Å². The highest BCUT2D eigenvalue weighted by molar-refractivity contribution is 7.99. The van der Waals surface area contributed by atoms with Gasteiger partial charge in [0.2, 0.25) is 5.91 Å². The van der Waals surface area contributed by atoms with E-state index in [1.54, 1.807) is 0 Å². The Balaban J connectivity index is 1.40. The highest BCUT2D eigenvalue weighted by Crippen LogP contribution is 2.34. The standard InChI is InChI=1S/C18H29N3O2S/c19-17(22)8-9-20-10-12-21(13-11-20)14-15-6-7-18(23-15)24-16-4-2-1-3-5-16/h6-7,16H,1-5,8-14H2,(H2,19,22). The van der Waals surface area contributed by atoms with Gasteiger partial charge < -0.3 is 15.1 Å². The van der Waals surface area contributed by atoms with Crippen LogP contribution in [0.2, 0.25) is 0 Å². The molecule has 1 aromatic heterocycles. The maximum absolute atomic E-state index is 10.9. The molecule has 134 valence electrons. The van der Waals surface area contributed by atoms with Gasteiger partial charge in [0.25, 0.3) is 0 Å². The number of carbonyl (C=O) groups is 1. The van der Waals surface area contributed by atoms with E-state index >= 15 is 0 Å². The highest BCUT2D eigenvalue weighted by atomic mass is 32.2. The summed E-state index contributed by atoms with van der Waals surface area (Å²) in [6.45, 7) is 5.70. The summed E-state index contributed by atoms with van der Waals surface area (Å²) in [4.78, 5) is 15.6. The Labute approximate surface area is 148 Å². The lowest BCUT2D eigenvalue weighted by molar-refractivity contribution is -0.118. The van der Waals surface area contributed by atoms with E-state index in [9.17, 15) is 4.79 Å². The molecule has 0 bridgehead atoms. The zero-order valence-electron chi connectivity index (χ0n) is 14.4. The number of thioether (sulfide) groups is 1. The number of piperazine rings is 1. The quantitative estimate of drug-likeness (QED) is 0.818. The Bertz CT molecular complexity index is 520. The number of rotatable bonds is 7. The van der Waals surface area contributed by atoms with Crippen LogP contribution in [0.5, 0.6) is 0 Å². The zero-order valence-corrected chi connectivity index (χ0v) is 15.2. The molecule has 6 heteroatoms. The Morgan fingerprint density at radius 2 is 1.83 bits per heavy atom. The fraction of sp³-hybridized carbons (Fsp3) is 0.722. The number of nitrogens with two attached hydrogens (primary N) is 1. The highest BCUT2D eigenvalue weighted by Gasteiger charge is 2.19. The molecular weight excluding hydrogens is 322 g/mol. The monoisotopic (exact) mass is 351 g/mol. The number of amides is 1. The van der Waals surface area contributed by atoms with E-state index in [1.165, 1.54) is 32.1 Å². The molecular formula is C18H29N3O2S. The lowest BCUT2D eigenvalue weighted by Gasteiger charge is -2.33. The molecule has 1 aliphatic carbocycles.